The first-order chi connectivity index (χ1) is 9.79. The summed E-state index contributed by atoms with van der Waals surface area (Å²) < 4.78 is 5.29. The fraction of sp³-hybridized carbons (Fsp3) is 0.312. The summed E-state index contributed by atoms with van der Waals surface area (Å²) in [6.45, 7) is 5.53. The van der Waals surface area contributed by atoms with E-state index < -0.39 is 0 Å². The van der Waals surface area contributed by atoms with Gasteiger partial charge in [-0.25, -0.2) is 4.99 Å². The van der Waals surface area contributed by atoms with Gasteiger partial charge in [0.1, 0.15) is 12.3 Å². The number of hydrogen-bond acceptors (Lipinski definition) is 2. The summed E-state index contributed by atoms with van der Waals surface area (Å²) in [5, 5.41) is 6.64. The van der Waals surface area contributed by atoms with E-state index in [1.54, 1.807) is 6.26 Å². The quantitative estimate of drug-likeness (QED) is 0.458. The van der Waals surface area contributed by atoms with Crippen LogP contribution in [0.15, 0.2) is 58.1 Å². The zero-order valence-electron chi connectivity index (χ0n) is 12.4. The maximum atomic E-state index is 5.29. The van der Waals surface area contributed by atoms with Crippen molar-refractivity contribution in [2.75, 3.05) is 6.54 Å². The summed E-state index contributed by atoms with van der Waals surface area (Å²) in [5.41, 5.74) is 1.23. The van der Waals surface area contributed by atoms with Gasteiger partial charge in [0.2, 0.25) is 0 Å². The molecule has 2 rings (SSSR count). The minimum atomic E-state index is 0. The van der Waals surface area contributed by atoms with Crippen LogP contribution in [0.25, 0.3) is 0 Å². The summed E-state index contributed by atoms with van der Waals surface area (Å²) >= 11 is 0. The lowest BCUT2D eigenvalue weighted by Crippen LogP contribution is -2.38. The van der Waals surface area contributed by atoms with Crippen LogP contribution in [-0.4, -0.2) is 12.5 Å². The maximum Gasteiger partial charge on any atom is 0.192 e. The molecule has 5 heteroatoms. The Morgan fingerprint density at radius 3 is 2.57 bits per heavy atom. The molecule has 0 fully saturated rings. The predicted octanol–water partition coefficient (Wildman–Crippen LogP) is 3.71. The number of nitrogens with zero attached hydrogens (tertiary/aromatic N) is 1. The number of benzene rings is 1. The Kier molecular flexibility index (Phi) is 7.89. The number of furan rings is 1. The molecule has 0 amide bonds. The Morgan fingerprint density at radius 1 is 1.19 bits per heavy atom. The fourth-order valence-corrected chi connectivity index (χ4v) is 1.91. The van der Waals surface area contributed by atoms with Crippen LogP contribution in [0.5, 0.6) is 0 Å². The van der Waals surface area contributed by atoms with E-state index >= 15 is 0 Å². The zero-order chi connectivity index (χ0) is 14.2. The minimum Gasteiger partial charge on any atom is -0.467 e. The van der Waals surface area contributed by atoms with Gasteiger partial charge in [-0.2, -0.15) is 0 Å². The van der Waals surface area contributed by atoms with E-state index in [2.05, 4.69) is 41.6 Å². The highest BCUT2D eigenvalue weighted by atomic mass is 127. The van der Waals surface area contributed by atoms with Crippen LogP contribution >= 0.6 is 24.0 Å². The van der Waals surface area contributed by atoms with E-state index in [-0.39, 0.29) is 30.0 Å². The molecule has 1 heterocycles. The highest BCUT2D eigenvalue weighted by Gasteiger charge is 2.07. The second kappa shape index (κ2) is 9.44. The van der Waals surface area contributed by atoms with E-state index in [9.17, 15) is 0 Å². The van der Waals surface area contributed by atoms with Crippen molar-refractivity contribution in [3.8, 4) is 0 Å². The van der Waals surface area contributed by atoms with E-state index in [0.717, 1.165) is 18.3 Å². The number of halogens is 1. The van der Waals surface area contributed by atoms with Crippen molar-refractivity contribution in [3.05, 3.63) is 60.1 Å². The lowest BCUT2D eigenvalue weighted by atomic mass is 10.1. The Balaban J connectivity index is 0.00000220. The van der Waals surface area contributed by atoms with Gasteiger partial charge in [-0.05, 0) is 31.5 Å². The van der Waals surface area contributed by atoms with Gasteiger partial charge in [0.05, 0.1) is 12.3 Å². The third-order valence-corrected chi connectivity index (χ3v) is 2.97. The molecule has 1 atom stereocenters. The monoisotopic (exact) mass is 399 g/mol. The molecule has 0 aliphatic rings. The molecule has 2 N–H and O–H groups in total. The van der Waals surface area contributed by atoms with Crippen LogP contribution in [-0.2, 0) is 6.54 Å². The zero-order valence-corrected chi connectivity index (χ0v) is 14.7. The molecule has 0 aliphatic carbocycles. The Bertz CT molecular complexity index is 526. The topological polar surface area (TPSA) is 49.6 Å². The summed E-state index contributed by atoms with van der Waals surface area (Å²) in [4.78, 5) is 4.52. The van der Waals surface area contributed by atoms with Gasteiger partial charge >= 0.3 is 0 Å². The Morgan fingerprint density at radius 2 is 1.95 bits per heavy atom. The first-order valence-electron chi connectivity index (χ1n) is 6.91. The van der Waals surface area contributed by atoms with Crippen LogP contribution in [0.2, 0.25) is 0 Å². The SMILES string of the molecule is CCNC(=NCc1ccco1)NC(C)c1ccccc1.I. The van der Waals surface area contributed by atoms with Crippen molar-refractivity contribution in [1.82, 2.24) is 10.6 Å². The molecule has 0 spiro atoms. The summed E-state index contributed by atoms with van der Waals surface area (Å²) in [5.74, 6) is 1.65. The first kappa shape index (κ1) is 17.6. The molecule has 0 radical (unpaired) electrons. The Hall–Kier alpha value is -1.50. The van der Waals surface area contributed by atoms with Gasteiger partial charge < -0.3 is 15.1 Å². The molecule has 114 valence electrons. The lowest BCUT2D eigenvalue weighted by Gasteiger charge is -2.18. The smallest absolute Gasteiger partial charge is 0.192 e. The first-order valence-corrected chi connectivity index (χ1v) is 6.91. The van der Waals surface area contributed by atoms with Crippen molar-refractivity contribution in [1.29, 1.82) is 0 Å². The highest BCUT2D eigenvalue weighted by molar-refractivity contribution is 14.0. The average molecular weight is 399 g/mol. The molecule has 4 nitrogen and oxygen atoms in total. The maximum absolute atomic E-state index is 5.29. The molecular weight excluding hydrogens is 377 g/mol. The highest BCUT2D eigenvalue weighted by Crippen LogP contribution is 2.11. The largest absolute Gasteiger partial charge is 0.467 e. The van der Waals surface area contributed by atoms with E-state index in [1.807, 2.05) is 30.3 Å². The van der Waals surface area contributed by atoms with Crippen LogP contribution in [0.4, 0.5) is 0 Å². The van der Waals surface area contributed by atoms with Crippen LogP contribution in [0.3, 0.4) is 0 Å². The third-order valence-electron chi connectivity index (χ3n) is 2.97. The number of aliphatic imine (C=N–C) groups is 1. The molecule has 21 heavy (non-hydrogen) atoms. The van der Waals surface area contributed by atoms with Gasteiger partial charge in [0.15, 0.2) is 5.96 Å². The van der Waals surface area contributed by atoms with Gasteiger partial charge in [-0.3, -0.25) is 0 Å². The molecule has 2 aromatic rings. The number of hydrogen-bond donors (Lipinski definition) is 2. The van der Waals surface area contributed by atoms with Crippen LogP contribution < -0.4 is 10.6 Å². The summed E-state index contributed by atoms with van der Waals surface area (Å²) in [6, 6.07) is 14.3. The van der Waals surface area contributed by atoms with Crippen molar-refractivity contribution in [2.24, 2.45) is 4.99 Å². The van der Waals surface area contributed by atoms with E-state index in [4.69, 9.17) is 4.42 Å². The molecule has 0 aliphatic heterocycles. The van der Waals surface area contributed by atoms with Crippen molar-refractivity contribution < 1.29 is 4.42 Å². The molecule has 0 saturated heterocycles. The predicted molar refractivity (Wildman–Crippen MR) is 96.9 cm³/mol. The third kappa shape index (κ3) is 5.79. The van der Waals surface area contributed by atoms with Crippen molar-refractivity contribution in [3.63, 3.8) is 0 Å². The summed E-state index contributed by atoms with van der Waals surface area (Å²) in [7, 11) is 0. The van der Waals surface area contributed by atoms with E-state index in [0.29, 0.717) is 6.54 Å². The van der Waals surface area contributed by atoms with E-state index in [1.165, 1.54) is 5.56 Å². The van der Waals surface area contributed by atoms with Crippen molar-refractivity contribution in [2.45, 2.75) is 26.4 Å². The van der Waals surface area contributed by atoms with Crippen LogP contribution in [0, 0.1) is 0 Å². The average Bonchev–Trinajstić information content (AvgIpc) is 2.99. The van der Waals surface area contributed by atoms with Gasteiger partial charge in [-0.1, -0.05) is 30.3 Å². The second-order valence-electron chi connectivity index (χ2n) is 4.55. The van der Waals surface area contributed by atoms with Gasteiger partial charge in [0.25, 0.3) is 0 Å². The molecule has 1 aromatic carbocycles. The number of rotatable bonds is 5. The number of guanidine groups is 1. The second-order valence-corrected chi connectivity index (χ2v) is 4.55. The summed E-state index contributed by atoms with van der Waals surface area (Å²) in [6.07, 6.45) is 1.66. The normalized spacial score (nSPS) is 12.4. The molecule has 0 bridgehead atoms. The van der Waals surface area contributed by atoms with Gasteiger partial charge in [-0.15, -0.1) is 24.0 Å². The Labute approximate surface area is 143 Å². The molecule has 1 aromatic heterocycles. The van der Waals surface area contributed by atoms with Gasteiger partial charge in [0, 0.05) is 6.54 Å². The molecule has 0 saturated carbocycles. The van der Waals surface area contributed by atoms with Crippen molar-refractivity contribution >= 4 is 29.9 Å². The fourth-order valence-electron chi connectivity index (χ4n) is 1.91. The minimum absolute atomic E-state index is 0. The lowest BCUT2D eigenvalue weighted by molar-refractivity contribution is 0.511. The standard InChI is InChI=1S/C16H21N3O.HI/c1-3-17-16(18-12-15-10-7-11-20-15)19-13(2)14-8-5-4-6-9-14;/h4-11,13H,3,12H2,1-2H3,(H2,17,18,19);1H. The molecular formula is C16H22IN3O. The number of nitrogens with one attached hydrogen (secondary N) is 2. The van der Waals surface area contributed by atoms with Crippen LogP contribution in [0.1, 0.15) is 31.2 Å². The molecule has 1 unspecified atom stereocenters.